The summed E-state index contributed by atoms with van der Waals surface area (Å²) in [5.74, 6) is -0.656. The lowest BCUT2D eigenvalue weighted by molar-refractivity contribution is -0.161. The van der Waals surface area contributed by atoms with Crippen LogP contribution in [0.1, 0.15) is 97.3 Å². The second kappa shape index (κ2) is 17.7. The molecule has 0 saturated carbocycles. The molecule has 0 amide bonds. The van der Waals surface area contributed by atoms with E-state index in [0.29, 0.717) is 19.3 Å². The first-order chi connectivity index (χ1) is 12.1. The number of carbonyl (C=O) groups is 2. The Morgan fingerprint density at radius 2 is 1.32 bits per heavy atom. The normalized spacial score (nSPS) is 12.0. The molecule has 0 aromatic carbocycles. The number of esters is 2. The van der Waals surface area contributed by atoms with E-state index in [4.69, 9.17) is 9.47 Å². The molecule has 0 radical (unpaired) electrons. The summed E-state index contributed by atoms with van der Waals surface area (Å²) in [6.07, 6.45) is 12.8. The van der Waals surface area contributed by atoms with E-state index < -0.39 is 6.10 Å². The van der Waals surface area contributed by atoms with Crippen molar-refractivity contribution in [1.29, 1.82) is 0 Å². The van der Waals surface area contributed by atoms with Crippen molar-refractivity contribution >= 4 is 11.9 Å². The molecule has 1 unspecified atom stereocenters. The molecule has 0 heterocycles. The fourth-order valence-corrected chi connectivity index (χ4v) is 2.59. The number of hydrogen-bond donors (Lipinski definition) is 1. The lowest BCUT2D eigenvalue weighted by atomic mass is 10.1. The summed E-state index contributed by atoms with van der Waals surface area (Å²) in [5, 5.41) is 9.20. The Balaban J connectivity index is 3.56. The maximum atomic E-state index is 11.7. The number of ether oxygens (including phenoxy) is 2. The van der Waals surface area contributed by atoms with E-state index in [0.717, 1.165) is 19.3 Å². The molecule has 0 bridgehead atoms. The van der Waals surface area contributed by atoms with Crippen LogP contribution in [0.2, 0.25) is 0 Å². The molecule has 1 atom stereocenters. The van der Waals surface area contributed by atoms with E-state index in [-0.39, 0.29) is 25.2 Å². The predicted molar refractivity (Wildman–Crippen MR) is 99.3 cm³/mol. The fourth-order valence-electron chi connectivity index (χ4n) is 2.59. The van der Waals surface area contributed by atoms with Crippen molar-refractivity contribution in [2.75, 3.05) is 13.2 Å². The molecule has 0 aliphatic heterocycles. The van der Waals surface area contributed by atoms with Gasteiger partial charge in [0.05, 0.1) is 6.61 Å². The molecule has 0 aliphatic carbocycles. The first-order valence-electron chi connectivity index (χ1n) is 10.1. The zero-order valence-electron chi connectivity index (χ0n) is 16.3. The first kappa shape index (κ1) is 23.9. The van der Waals surface area contributed by atoms with Gasteiger partial charge in [-0.15, -0.1) is 0 Å². The highest BCUT2D eigenvalue weighted by molar-refractivity contribution is 5.70. The third kappa shape index (κ3) is 16.1. The number of aliphatic hydroxyl groups is 1. The largest absolute Gasteiger partial charge is 0.462 e. The quantitative estimate of drug-likeness (QED) is 0.305. The molecule has 148 valence electrons. The van der Waals surface area contributed by atoms with E-state index in [9.17, 15) is 14.7 Å². The van der Waals surface area contributed by atoms with Gasteiger partial charge in [-0.2, -0.15) is 0 Å². The van der Waals surface area contributed by atoms with Crippen LogP contribution >= 0.6 is 0 Å². The van der Waals surface area contributed by atoms with Crippen molar-refractivity contribution in [2.45, 2.75) is 103 Å². The van der Waals surface area contributed by atoms with E-state index in [1.54, 1.807) is 0 Å². The van der Waals surface area contributed by atoms with Gasteiger partial charge in [-0.3, -0.25) is 9.59 Å². The minimum absolute atomic E-state index is 0.0703. The van der Waals surface area contributed by atoms with E-state index >= 15 is 0 Å². The number of hydrogen-bond acceptors (Lipinski definition) is 5. The monoisotopic (exact) mass is 358 g/mol. The zero-order chi connectivity index (χ0) is 18.8. The molecule has 0 saturated heterocycles. The third-order valence-electron chi connectivity index (χ3n) is 4.12. The van der Waals surface area contributed by atoms with Gasteiger partial charge in [0, 0.05) is 12.8 Å². The molecule has 0 aliphatic rings. The number of rotatable bonds is 17. The summed E-state index contributed by atoms with van der Waals surface area (Å²) < 4.78 is 10.1. The average Bonchev–Trinajstić information content (AvgIpc) is 2.60. The summed E-state index contributed by atoms with van der Waals surface area (Å²) in [5.41, 5.74) is 0. The highest BCUT2D eigenvalue weighted by atomic mass is 16.6. The Labute approximate surface area is 153 Å². The van der Waals surface area contributed by atoms with Gasteiger partial charge in [0.2, 0.25) is 0 Å². The Bertz CT molecular complexity index is 330. The van der Waals surface area contributed by atoms with Crippen LogP contribution in [0.5, 0.6) is 0 Å². The van der Waals surface area contributed by atoms with Crippen molar-refractivity contribution in [3.63, 3.8) is 0 Å². The molecule has 25 heavy (non-hydrogen) atoms. The van der Waals surface area contributed by atoms with Gasteiger partial charge in [-0.1, -0.05) is 71.6 Å². The molecule has 0 aromatic rings. The van der Waals surface area contributed by atoms with Crippen LogP contribution in [0.3, 0.4) is 0 Å². The van der Waals surface area contributed by atoms with Crippen molar-refractivity contribution < 1.29 is 24.2 Å². The minimum atomic E-state index is -0.753. The van der Waals surface area contributed by atoms with Crippen LogP contribution in [0, 0.1) is 0 Å². The Morgan fingerprint density at radius 3 is 1.84 bits per heavy atom. The molecular weight excluding hydrogens is 320 g/mol. The Kier molecular flexibility index (Phi) is 16.9. The first-order valence-corrected chi connectivity index (χ1v) is 10.1. The van der Waals surface area contributed by atoms with E-state index in [2.05, 4.69) is 6.92 Å². The second-order valence-corrected chi connectivity index (χ2v) is 6.66. The SMILES string of the molecule is CCCCCCCCCCCCC(=O)OC(CO)COC(=O)CCC. The van der Waals surface area contributed by atoms with E-state index in [1.165, 1.54) is 44.9 Å². The van der Waals surface area contributed by atoms with Gasteiger partial charge in [0.25, 0.3) is 0 Å². The van der Waals surface area contributed by atoms with Crippen molar-refractivity contribution in [3.8, 4) is 0 Å². The number of unbranched alkanes of at least 4 members (excludes halogenated alkanes) is 9. The Morgan fingerprint density at radius 1 is 0.760 bits per heavy atom. The summed E-state index contributed by atoms with van der Waals surface area (Å²) >= 11 is 0. The van der Waals surface area contributed by atoms with Gasteiger partial charge in [-0.05, 0) is 12.8 Å². The van der Waals surface area contributed by atoms with Crippen molar-refractivity contribution in [2.24, 2.45) is 0 Å². The van der Waals surface area contributed by atoms with E-state index in [1.807, 2.05) is 6.92 Å². The summed E-state index contributed by atoms with van der Waals surface area (Å²) in [6, 6.07) is 0. The highest BCUT2D eigenvalue weighted by Crippen LogP contribution is 2.11. The molecule has 0 rings (SSSR count). The second-order valence-electron chi connectivity index (χ2n) is 6.66. The molecule has 0 fully saturated rings. The van der Waals surface area contributed by atoms with Crippen LogP contribution in [0.15, 0.2) is 0 Å². The molecule has 1 N–H and O–H groups in total. The smallest absolute Gasteiger partial charge is 0.306 e. The lowest BCUT2D eigenvalue weighted by Gasteiger charge is -2.15. The molecule has 5 nitrogen and oxygen atoms in total. The summed E-state index contributed by atoms with van der Waals surface area (Å²) in [7, 11) is 0. The number of aliphatic hydroxyl groups excluding tert-OH is 1. The highest BCUT2D eigenvalue weighted by Gasteiger charge is 2.15. The minimum Gasteiger partial charge on any atom is -0.462 e. The van der Waals surface area contributed by atoms with Crippen LogP contribution in [-0.2, 0) is 19.1 Å². The van der Waals surface area contributed by atoms with Gasteiger partial charge in [0.1, 0.15) is 6.61 Å². The predicted octanol–water partition coefficient (Wildman–Crippen LogP) is 4.54. The van der Waals surface area contributed by atoms with Crippen molar-refractivity contribution in [1.82, 2.24) is 0 Å². The molecule has 0 aromatic heterocycles. The summed E-state index contributed by atoms with van der Waals surface area (Å²) in [6.45, 7) is 3.71. The third-order valence-corrected chi connectivity index (χ3v) is 4.12. The maximum absolute atomic E-state index is 11.7. The molecule has 5 heteroatoms. The lowest BCUT2D eigenvalue weighted by Crippen LogP contribution is -2.28. The van der Waals surface area contributed by atoms with Gasteiger partial charge in [0.15, 0.2) is 6.10 Å². The number of carbonyl (C=O) groups excluding carboxylic acids is 2. The fraction of sp³-hybridized carbons (Fsp3) is 0.900. The Hall–Kier alpha value is -1.10. The maximum Gasteiger partial charge on any atom is 0.306 e. The van der Waals surface area contributed by atoms with Crippen LogP contribution < -0.4 is 0 Å². The van der Waals surface area contributed by atoms with Crippen LogP contribution in [0.25, 0.3) is 0 Å². The topological polar surface area (TPSA) is 72.8 Å². The van der Waals surface area contributed by atoms with Crippen LogP contribution in [-0.4, -0.2) is 36.4 Å². The van der Waals surface area contributed by atoms with Gasteiger partial charge >= 0.3 is 11.9 Å². The van der Waals surface area contributed by atoms with Gasteiger partial charge in [-0.25, -0.2) is 0 Å². The molecular formula is C20H38O5. The van der Waals surface area contributed by atoms with Crippen LogP contribution in [0.4, 0.5) is 0 Å². The van der Waals surface area contributed by atoms with Gasteiger partial charge < -0.3 is 14.6 Å². The zero-order valence-corrected chi connectivity index (χ0v) is 16.3. The summed E-state index contributed by atoms with van der Waals surface area (Å²) in [4.78, 5) is 23.0. The average molecular weight is 359 g/mol. The standard InChI is InChI=1S/C20H38O5/c1-3-5-6-7-8-9-10-11-12-13-15-20(23)25-18(16-21)17-24-19(22)14-4-2/h18,21H,3-17H2,1-2H3. The molecule has 0 spiro atoms. The van der Waals surface area contributed by atoms with Crippen molar-refractivity contribution in [3.05, 3.63) is 0 Å².